The second-order valence-corrected chi connectivity index (χ2v) is 6.41. The van der Waals surface area contributed by atoms with E-state index in [1.807, 2.05) is 11.4 Å². The minimum Gasteiger partial charge on any atom is -0.486 e. The highest BCUT2D eigenvalue weighted by atomic mass is 127. The molecule has 0 aliphatic heterocycles. The maximum Gasteiger partial charge on any atom is 0.339 e. The molecule has 4 nitrogen and oxygen atoms in total. The number of hydrogen-bond acceptors (Lipinski definition) is 4. The molecule has 2 aromatic rings. The van der Waals surface area contributed by atoms with Gasteiger partial charge in [0.1, 0.15) is 17.9 Å². The molecule has 0 aliphatic carbocycles. The summed E-state index contributed by atoms with van der Waals surface area (Å²) in [5, 5.41) is 12.2. The number of hydrogen-bond donors (Lipinski definition) is 1. The van der Waals surface area contributed by atoms with Crippen molar-refractivity contribution in [3.05, 3.63) is 43.4 Å². The molecule has 1 aromatic heterocycles. The van der Waals surface area contributed by atoms with Crippen LogP contribution in [0, 0.1) is 3.57 Å². The van der Waals surface area contributed by atoms with Gasteiger partial charge in [-0.15, -0.1) is 11.3 Å². The van der Waals surface area contributed by atoms with Gasteiger partial charge in [0.2, 0.25) is 0 Å². The highest BCUT2D eigenvalue weighted by Crippen LogP contribution is 2.23. The first-order chi connectivity index (χ1) is 9.60. The van der Waals surface area contributed by atoms with E-state index in [0.717, 1.165) is 27.1 Å². The van der Waals surface area contributed by atoms with E-state index in [0.29, 0.717) is 12.4 Å². The smallest absolute Gasteiger partial charge is 0.339 e. The van der Waals surface area contributed by atoms with Crippen LogP contribution >= 0.6 is 33.9 Å². The lowest BCUT2D eigenvalue weighted by Crippen LogP contribution is -2.04. The molecule has 0 atom stereocenters. The summed E-state index contributed by atoms with van der Waals surface area (Å²) >= 11 is 3.69. The fourth-order valence-corrected chi connectivity index (χ4v) is 3.07. The molecule has 0 bridgehead atoms. The lowest BCUT2D eigenvalue weighted by atomic mass is 10.2. The fraction of sp³-hybridized carbons (Fsp3) is 0.286. The Morgan fingerprint density at radius 1 is 1.50 bits per heavy atom. The van der Waals surface area contributed by atoms with Crippen LogP contribution in [0.4, 0.5) is 0 Å². The maximum absolute atomic E-state index is 11.2. The number of carboxylic acids is 1. The molecule has 20 heavy (non-hydrogen) atoms. The van der Waals surface area contributed by atoms with E-state index in [1.165, 1.54) is 0 Å². The number of carbonyl (C=O) groups is 1. The Morgan fingerprint density at radius 2 is 2.30 bits per heavy atom. The monoisotopic (exact) mass is 403 g/mol. The lowest BCUT2D eigenvalue weighted by molar-refractivity contribution is 0.0691. The number of carboxylic acid groups (broad SMARTS) is 1. The van der Waals surface area contributed by atoms with Crippen LogP contribution in [0.1, 0.15) is 34.4 Å². The molecule has 0 saturated heterocycles. The molecule has 2 rings (SSSR count). The van der Waals surface area contributed by atoms with Gasteiger partial charge in [-0.05, 0) is 53.6 Å². The molecule has 0 radical (unpaired) electrons. The highest BCUT2D eigenvalue weighted by molar-refractivity contribution is 14.1. The van der Waals surface area contributed by atoms with Crippen molar-refractivity contribution >= 4 is 39.9 Å². The predicted molar refractivity (Wildman–Crippen MR) is 86.6 cm³/mol. The molecular weight excluding hydrogens is 389 g/mol. The molecule has 0 unspecified atom stereocenters. The zero-order chi connectivity index (χ0) is 14.5. The average Bonchev–Trinajstić information content (AvgIpc) is 2.85. The number of rotatable bonds is 6. The van der Waals surface area contributed by atoms with Gasteiger partial charge in [-0.25, -0.2) is 9.78 Å². The molecule has 0 aliphatic rings. The molecule has 1 aromatic carbocycles. The third kappa shape index (κ3) is 3.92. The summed E-state index contributed by atoms with van der Waals surface area (Å²) in [4.78, 5) is 15.6. The summed E-state index contributed by atoms with van der Waals surface area (Å²) in [7, 11) is 0. The number of halogens is 1. The van der Waals surface area contributed by atoms with E-state index in [2.05, 4.69) is 34.5 Å². The number of aryl methyl sites for hydroxylation is 1. The van der Waals surface area contributed by atoms with Crippen molar-refractivity contribution in [2.45, 2.75) is 26.4 Å². The molecule has 0 amide bonds. The molecule has 1 N–H and O–H groups in total. The quantitative estimate of drug-likeness (QED) is 0.742. The van der Waals surface area contributed by atoms with E-state index in [9.17, 15) is 4.79 Å². The lowest BCUT2D eigenvalue weighted by Gasteiger charge is -2.08. The SMILES string of the molecule is CCCc1nc(COc2ccc(I)cc2C(=O)O)cs1. The Hall–Kier alpha value is -1.15. The van der Waals surface area contributed by atoms with Crippen LogP contribution in [0.2, 0.25) is 0 Å². The van der Waals surface area contributed by atoms with E-state index in [4.69, 9.17) is 9.84 Å². The number of nitrogens with zero attached hydrogens (tertiary/aromatic N) is 1. The average molecular weight is 403 g/mol. The second-order valence-electron chi connectivity index (χ2n) is 4.22. The van der Waals surface area contributed by atoms with Gasteiger partial charge >= 0.3 is 5.97 Å². The van der Waals surface area contributed by atoms with Crippen LogP contribution in [0.25, 0.3) is 0 Å². The number of benzene rings is 1. The second kappa shape index (κ2) is 7.03. The maximum atomic E-state index is 11.2. The van der Waals surface area contributed by atoms with Crippen molar-refractivity contribution in [2.24, 2.45) is 0 Å². The molecule has 0 spiro atoms. The van der Waals surface area contributed by atoms with Crippen molar-refractivity contribution in [1.29, 1.82) is 0 Å². The zero-order valence-electron chi connectivity index (χ0n) is 10.9. The first-order valence-electron chi connectivity index (χ1n) is 6.19. The van der Waals surface area contributed by atoms with Gasteiger partial charge in [0.05, 0.1) is 10.7 Å². The molecule has 0 fully saturated rings. The summed E-state index contributed by atoms with van der Waals surface area (Å²) in [5.74, 6) is -0.605. The van der Waals surface area contributed by atoms with Crippen molar-refractivity contribution in [3.63, 3.8) is 0 Å². The molecular formula is C14H14INO3S. The number of aromatic carboxylic acids is 1. The van der Waals surface area contributed by atoms with Gasteiger partial charge in [0.15, 0.2) is 0 Å². The highest BCUT2D eigenvalue weighted by Gasteiger charge is 2.12. The molecule has 6 heteroatoms. The van der Waals surface area contributed by atoms with Crippen molar-refractivity contribution in [1.82, 2.24) is 4.98 Å². The minimum atomic E-state index is -0.983. The van der Waals surface area contributed by atoms with E-state index >= 15 is 0 Å². The van der Waals surface area contributed by atoms with Gasteiger partial charge in [-0.3, -0.25) is 0 Å². The Morgan fingerprint density at radius 3 is 3.00 bits per heavy atom. The Bertz CT molecular complexity index is 612. The van der Waals surface area contributed by atoms with Crippen LogP contribution in [0.15, 0.2) is 23.6 Å². The Labute approximate surface area is 135 Å². The number of ether oxygens (including phenoxy) is 1. The van der Waals surface area contributed by atoms with Crippen LogP contribution in [-0.4, -0.2) is 16.1 Å². The van der Waals surface area contributed by atoms with Crippen LogP contribution in [-0.2, 0) is 13.0 Å². The van der Waals surface area contributed by atoms with Crippen molar-refractivity contribution in [2.75, 3.05) is 0 Å². The zero-order valence-corrected chi connectivity index (χ0v) is 13.9. The fourth-order valence-electron chi connectivity index (χ4n) is 1.69. The summed E-state index contributed by atoms with van der Waals surface area (Å²) in [6.07, 6.45) is 2.03. The van der Waals surface area contributed by atoms with E-state index in [-0.39, 0.29) is 5.56 Å². The molecule has 106 valence electrons. The first kappa shape index (κ1) is 15.2. The summed E-state index contributed by atoms with van der Waals surface area (Å²) in [6.45, 7) is 2.41. The Balaban J connectivity index is 2.08. The first-order valence-corrected chi connectivity index (χ1v) is 8.15. The standard InChI is InChI=1S/C14H14INO3S/c1-2-3-13-16-10(8-20-13)7-19-12-5-4-9(15)6-11(12)14(17)18/h4-6,8H,2-3,7H2,1H3,(H,17,18). The van der Waals surface area contributed by atoms with Gasteiger partial charge < -0.3 is 9.84 Å². The van der Waals surface area contributed by atoms with Gasteiger partial charge in [0, 0.05) is 8.95 Å². The predicted octanol–water partition coefficient (Wildman–Crippen LogP) is 3.98. The number of aromatic nitrogens is 1. The topological polar surface area (TPSA) is 59.4 Å². The summed E-state index contributed by atoms with van der Waals surface area (Å²) in [6, 6.07) is 5.11. The normalized spacial score (nSPS) is 10.5. The minimum absolute atomic E-state index is 0.181. The van der Waals surface area contributed by atoms with Crippen LogP contribution in [0.5, 0.6) is 5.75 Å². The van der Waals surface area contributed by atoms with Gasteiger partial charge in [-0.1, -0.05) is 6.92 Å². The van der Waals surface area contributed by atoms with E-state index < -0.39 is 5.97 Å². The molecule has 1 heterocycles. The van der Waals surface area contributed by atoms with E-state index in [1.54, 1.807) is 23.5 Å². The molecule has 0 saturated carbocycles. The third-order valence-corrected chi connectivity index (χ3v) is 4.24. The van der Waals surface area contributed by atoms with Crippen molar-refractivity contribution in [3.8, 4) is 5.75 Å². The summed E-state index contributed by atoms with van der Waals surface area (Å²) < 4.78 is 6.46. The van der Waals surface area contributed by atoms with Gasteiger partial charge in [0.25, 0.3) is 0 Å². The largest absolute Gasteiger partial charge is 0.486 e. The van der Waals surface area contributed by atoms with Gasteiger partial charge in [-0.2, -0.15) is 0 Å². The third-order valence-electron chi connectivity index (χ3n) is 2.61. The summed E-state index contributed by atoms with van der Waals surface area (Å²) in [5.41, 5.74) is 1.02. The van der Waals surface area contributed by atoms with Crippen molar-refractivity contribution < 1.29 is 14.6 Å². The van der Waals surface area contributed by atoms with Crippen LogP contribution < -0.4 is 4.74 Å². The Kier molecular flexibility index (Phi) is 5.36. The van der Waals surface area contributed by atoms with Crippen LogP contribution in [0.3, 0.4) is 0 Å². The number of thiazole rings is 1.